The standard InChI is InChI=1S/C28H29N3O5/c1-19(2)21-11-7-12-22(16-21)36-24-17-29-26-25(23(24)15-20-9-5-4-6-10-20)27(33)31(3,28(34)30-26)13-8-14-35-18-32/h4-7,9-12,16-19H,8,13-15H2,1-3H3/p+1. The molecule has 1 atom stereocenters. The zero-order valence-corrected chi connectivity index (χ0v) is 20.7. The minimum Gasteiger partial charge on any atom is -0.468 e. The summed E-state index contributed by atoms with van der Waals surface area (Å²) in [6.07, 6.45) is 2.32. The lowest BCUT2D eigenvalue weighted by Crippen LogP contribution is -2.59. The van der Waals surface area contributed by atoms with E-state index in [1.165, 1.54) is 0 Å². The van der Waals surface area contributed by atoms with Gasteiger partial charge in [-0.25, -0.2) is 14.6 Å². The molecular weight excluding hydrogens is 458 g/mol. The van der Waals surface area contributed by atoms with Crippen molar-refractivity contribution in [3.63, 3.8) is 0 Å². The molecule has 1 aliphatic heterocycles. The maximum Gasteiger partial charge on any atom is 0.429 e. The van der Waals surface area contributed by atoms with Crippen LogP contribution in [0.15, 0.2) is 60.8 Å². The Kier molecular flexibility index (Phi) is 7.45. The van der Waals surface area contributed by atoms with Gasteiger partial charge in [0.25, 0.3) is 6.47 Å². The topological polar surface area (TPSA) is 94.6 Å². The summed E-state index contributed by atoms with van der Waals surface area (Å²) < 4.78 is 10.6. The molecule has 0 saturated carbocycles. The van der Waals surface area contributed by atoms with Crippen LogP contribution in [0.4, 0.5) is 10.6 Å². The van der Waals surface area contributed by atoms with E-state index in [0.717, 1.165) is 11.1 Å². The number of carbonyl (C=O) groups excluding carboxylic acids is 3. The Balaban J connectivity index is 1.78. The van der Waals surface area contributed by atoms with E-state index in [1.54, 1.807) is 13.2 Å². The summed E-state index contributed by atoms with van der Waals surface area (Å²) in [5.41, 5.74) is 3.10. The Labute approximate surface area is 210 Å². The minimum absolute atomic E-state index is 0.120. The Bertz CT molecular complexity index is 1280. The fourth-order valence-electron chi connectivity index (χ4n) is 4.26. The molecule has 4 rings (SSSR count). The maximum absolute atomic E-state index is 13.9. The van der Waals surface area contributed by atoms with Crippen LogP contribution in [-0.2, 0) is 16.0 Å². The lowest BCUT2D eigenvalue weighted by atomic mass is 9.97. The molecule has 0 bridgehead atoms. The number of amides is 3. The number of carbonyl (C=O) groups is 3. The number of ether oxygens (including phenoxy) is 2. The maximum atomic E-state index is 13.9. The number of hydrogen-bond donors (Lipinski definition) is 1. The highest BCUT2D eigenvalue weighted by atomic mass is 16.5. The van der Waals surface area contributed by atoms with Crippen LogP contribution in [-0.4, -0.2) is 48.1 Å². The third-order valence-electron chi connectivity index (χ3n) is 6.39. The molecule has 3 aromatic rings. The Morgan fingerprint density at radius 1 is 1.08 bits per heavy atom. The van der Waals surface area contributed by atoms with E-state index < -0.39 is 10.5 Å². The number of rotatable bonds is 10. The van der Waals surface area contributed by atoms with Crippen molar-refractivity contribution in [3.8, 4) is 11.5 Å². The van der Waals surface area contributed by atoms with Gasteiger partial charge >= 0.3 is 11.9 Å². The van der Waals surface area contributed by atoms with Crippen molar-refractivity contribution < 1.29 is 28.3 Å². The average molecular weight is 489 g/mol. The molecule has 8 nitrogen and oxygen atoms in total. The third kappa shape index (κ3) is 5.13. The molecule has 36 heavy (non-hydrogen) atoms. The number of nitrogens with zero attached hydrogens (tertiary/aromatic N) is 2. The second-order valence-electron chi connectivity index (χ2n) is 9.29. The van der Waals surface area contributed by atoms with E-state index in [2.05, 4.69) is 24.1 Å². The summed E-state index contributed by atoms with van der Waals surface area (Å²) in [6, 6.07) is 17.1. The average Bonchev–Trinajstić information content (AvgIpc) is 2.87. The lowest BCUT2D eigenvalue weighted by Gasteiger charge is -2.33. The summed E-state index contributed by atoms with van der Waals surface area (Å²) in [5, 5.41) is 2.80. The molecule has 0 saturated heterocycles. The lowest BCUT2D eigenvalue weighted by molar-refractivity contribution is -0.743. The monoisotopic (exact) mass is 488 g/mol. The first-order valence-electron chi connectivity index (χ1n) is 11.9. The van der Waals surface area contributed by atoms with Crippen molar-refractivity contribution >= 4 is 24.2 Å². The van der Waals surface area contributed by atoms with Gasteiger partial charge in [-0.05, 0) is 29.2 Å². The van der Waals surface area contributed by atoms with Crippen molar-refractivity contribution in [3.05, 3.63) is 83.0 Å². The number of imide groups is 1. The van der Waals surface area contributed by atoms with Gasteiger partial charge in [0.15, 0.2) is 5.82 Å². The number of hydrogen-bond acceptors (Lipinski definition) is 6. The minimum atomic E-state index is -0.509. The van der Waals surface area contributed by atoms with Gasteiger partial charge in [-0.15, -0.1) is 0 Å². The van der Waals surface area contributed by atoms with Crippen LogP contribution >= 0.6 is 0 Å². The van der Waals surface area contributed by atoms with Gasteiger partial charge in [-0.3, -0.25) is 10.1 Å². The van der Waals surface area contributed by atoms with E-state index in [1.807, 2.05) is 54.6 Å². The molecule has 0 aliphatic carbocycles. The molecule has 1 N–H and O–H groups in total. The number of urea groups is 1. The molecular formula is C28H30N3O5+. The van der Waals surface area contributed by atoms with Crippen molar-refractivity contribution in [2.75, 3.05) is 25.5 Å². The fourth-order valence-corrected chi connectivity index (χ4v) is 4.26. The highest BCUT2D eigenvalue weighted by molar-refractivity contribution is 6.09. The smallest absolute Gasteiger partial charge is 0.429 e. The number of aromatic nitrogens is 1. The highest BCUT2D eigenvalue weighted by Gasteiger charge is 2.48. The molecule has 1 aromatic heterocycles. The molecule has 186 valence electrons. The molecule has 1 aliphatic rings. The number of nitrogens with one attached hydrogen (secondary N) is 1. The molecule has 0 spiro atoms. The van der Waals surface area contributed by atoms with Crippen LogP contribution in [0.2, 0.25) is 0 Å². The van der Waals surface area contributed by atoms with E-state index in [-0.39, 0.29) is 24.9 Å². The van der Waals surface area contributed by atoms with E-state index >= 15 is 0 Å². The van der Waals surface area contributed by atoms with E-state index in [9.17, 15) is 14.4 Å². The molecule has 3 amide bonds. The van der Waals surface area contributed by atoms with Gasteiger partial charge < -0.3 is 9.47 Å². The summed E-state index contributed by atoms with van der Waals surface area (Å²) in [6.45, 7) is 4.87. The highest BCUT2D eigenvalue weighted by Crippen LogP contribution is 2.37. The van der Waals surface area contributed by atoms with Gasteiger partial charge in [0, 0.05) is 18.4 Å². The number of benzene rings is 2. The zero-order valence-electron chi connectivity index (χ0n) is 20.7. The van der Waals surface area contributed by atoms with Crippen molar-refractivity contribution in [1.82, 2.24) is 4.98 Å². The van der Waals surface area contributed by atoms with Gasteiger partial charge in [0.2, 0.25) is 0 Å². The normalized spacial score (nSPS) is 16.9. The molecule has 8 heteroatoms. The van der Waals surface area contributed by atoms with Gasteiger partial charge in [0.05, 0.1) is 26.4 Å². The fraction of sp³-hybridized carbons (Fsp3) is 0.286. The van der Waals surface area contributed by atoms with Gasteiger partial charge in [0.1, 0.15) is 17.1 Å². The summed E-state index contributed by atoms with van der Waals surface area (Å²) in [4.78, 5) is 41.7. The van der Waals surface area contributed by atoms with E-state index in [4.69, 9.17) is 9.47 Å². The summed E-state index contributed by atoms with van der Waals surface area (Å²) in [7, 11) is 1.56. The molecule has 1 unspecified atom stereocenters. The Morgan fingerprint density at radius 3 is 2.58 bits per heavy atom. The summed E-state index contributed by atoms with van der Waals surface area (Å²) >= 11 is 0. The molecule has 0 fully saturated rings. The third-order valence-corrected chi connectivity index (χ3v) is 6.39. The van der Waals surface area contributed by atoms with Crippen molar-refractivity contribution in [2.24, 2.45) is 0 Å². The van der Waals surface area contributed by atoms with Crippen LogP contribution in [0.25, 0.3) is 0 Å². The second kappa shape index (κ2) is 10.7. The quantitative estimate of drug-likeness (QED) is 0.237. The van der Waals surface area contributed by atoms with Crippen LogP contribution < -0.4 is 10.1 Å². The molecule has 2 aromatic carbocycles. The van der Waals surface area contributed by atoms with Gasteiger partial charge in [-0.2, -0.15) is 4.48 Å². The van der Waals surface area contributed by atoms with Gasteiger partial charge in [-0.1, -0.05) is 56.3 Å². The number of pyridine rings is 1. The van der Waals surface area contributed by atoms with E-state index in [0.29, 0.717) is 47.9 Å². The van der Waals surface area contributed by atoms with Crippen LogP contribution in [0.1, 0.15) is 53.2 Å². The Morgan fingerprint density at radius 2 is 1.86 bits per heavy atom. The zero-order chi connectivity index (χ0) is 25.7. The predicted molar refractivity (Wildman–Crippen MR) is 135 cm³/mol. The SMILES string of the molecule is CC(C)c1cccc(Oc2cnc3c(c2Cc2ccccc2)C(=O)[N+](C)(CCCOC=O)C(=O)N3)c1. The first kappa shape index (κ1) is 25.1. The summed E-state index contributed by atoms with van der Waals surface area (Å²) in [5.74, 6) is 1.28. The number of fused-ring (bicyclic) bond motifs is 1. The number of anilines is 1. The predicted octanol–water partition coefficient (Wildman–Crippen LogP) is 5.28. The number of quaternary nitrogens is 1. The largest absolute Gasteiger partial charge is 0.468 e. The first-order chi connectivity index (χ1) is 17.3. The molecule has 0 radical (unpaired) electrons. The van der Waals surface area contributed by atoms with Crippen LogP contribution in [0.5, 0.6) is 11.5 Å². The Hall–Kier alpha value is -4.04. The second-order valence-corrected chi connectivity index (χ2v) is 9.29. The van der Waals surface area contributed by atoms with Crippen LogP contribution in [0.3, 0.4) is 0 Å². The van der Waals surface area contributed by atoms with Crippen molar-refractivity contribution in [2.45, 2.75) is 32.6 Å². The van der Waals surface area contributed by atoms with Crippen molar-refractivity contribution in [1.29, 1.82) is 0 Å². The molecule has 2 heterocycles. The van der Waals surface area contributed by atoms with Crippen LogP contribution in [0, 0.1) is 0 Å². The first-order valence-corrected chi connectivity index (χ1v) is 11.9.